The maximum absolute atomic E-state index is 11.6. The number of benzene rings is 1. The van der Waals surface area contributed by atoms with Crippen LogP contribution in [0.5, 0.6) is 0 Å². The summed E-state index contributed by atoms with van der Waals surface area (Å²) in [6.45, 7) is 4.12. The van der Waals surface area contributed by atoms with Gasteiger partial charge in [0, 0.05) is 16.1 Å². The van der Waals surface area contributed by atoms with Crippen LogP contribution in [0.25, 0.3) is 16.2 Å². The van der Waals surface area contributed by atoms with E-state index in [1.165, 1.54) is 4.88 Å². The number of carbonyl (C=O) groups excluding carboxylic acids is 1. The predicted octanol–water partition coefficient (Wildman–Crippen LogP) is 5.05. The van der Waals surface area contributed by atoms with Crippen LogP contribution >= 0.6 is 34.5 Å². The Morgan fingerprint density at radius 1 is 1.33 bits per heavy atom. The molecule has 21 heavy (non-hydrogen) atoms. The Labute approximate surface area is 136 Å². The van der Waals surface area contributed by atoms with Crippen LogP contribution in [0, 0.1) is 6.92 Å². The topological polar surface area (TPSA) is 34.4 Å². The smallest absolute Gasteiger partial charge is 0.195 e. The molecule has 0 aliphatic rings. The number of aryl methyl sites for hydroxylation is 2. The van der Waals surface area contributed by atoms with E-state index in [0.717, 1.165) is 28.9 Å². The number of aldehydes is 1. The summed E-state index contributed by atoms with van der Waals surface area (Å²) < 4.78 is 1.94. The van der Waals surface area contributed by atoms with Gasteiger partial charge in [-0.1, -0.05) is 36.2 Å². The van der Waals surface area contributed by atoms with Crippen LogP contribution in [-0.2, 0) is 6.42 Å². The molecule has 0 aliphatic heterocycles. The van der Waals surface area contributed by atoms with Crippen molar-refractivity contribution in [2.75, 3.05) is 0 Å². The van der Waals surface area contributed by atoms with Gasteiger partial charge in [-0.15, -0.1) is 11.3 Å². The van der Waals surface area contributed by atoms with E-state index in [-0.39, 0.29) is 0 Å². The molecule has 0 aliphatic carbocycles. The van der Waals surface area contributed by atoms with Gasteiger partial charge in [-0.25, -0.2) is 4.98 Å². The van der Waals surface area contributed by atoms with Gasteiger partial charge in [0.25, 0.3) is 0 Å². The number of nitrogens with zero attached hydrogens (tertiary/aromatic N) is 2. The molecule has 3 nitrogen and oxygen atoms in total. The molecule has 0 spiro atoms. The number of aromatic nitrogens is 2. The molecule has 2 heterocycles. The van der Waals surface area contributed by atoms with Crippen LogP contribution in [0.3, 0.4) is 0 Å². The van der Waals surface area contributed by atoms with Gasteiger partial charge in [-0.3, -0.25) is 9.20 Å². The van der Waals surface area contributed by atoms with E-state index in [1.807, 2.05) is 17.4 Å². The molecule has 108 valence electrons. The third kappa shape index (κ3) is 2.27. The highest BCUT2D eigenvalue weighted by Crippen LogP contribution is 2.33. The lowest BCUT2D eigenvalue weighted by atomic mass is 10.1. The molecule has 2 aromatic heterocycles. The lowest BCUT2D eigenvalue weighted by molar-refractivity contribution is 0.111. The van der Waals surface area contributed by atoms with Gasteiger partial charge >= 0.3 is 0 Å². The minimum absolute atomic E-state index is 0.453. The van der Waals surface area contributed by atoms with E-state index in [1.54, 1.807) is 23.5 Å². The summed E-state index contributed by atoms with van der Waals surface area (Å²) in [7, 11) is 0. The minimum atomic E-state index is 0.453. The van der Waals surface area contributed by atoms with Crippen molar-refractivity contribution in [2.24, 2.45) is 0 Å². The number of thiazole rings is 1. The molecule has 0 saturated heterocycles. The van der Waals surface area contributed by atoms with Crippen molar-refractivity contribution in [3.63, 3.8) is 0 Å². The summed E-state index contributed by atoms with van der Waals surface area (Å²) in [5.41, 5.74) is 3.12. The second kappa shape index (κ2) is 5.44. The van der Waals surface area contributed by atoms with Crippen molar-refractivity contribution in [1.29, 1.82) is 0 Å². The first-order chi connectivity index (χ1) is 10.1. The Hall–Kier alpha value is -1.36. The van der Waals surface area contributed by atoms with E-state index in [9.17, 15) is 4.79 Å². The minimum Gasteiger partial charge on any atom is -0.296 e. The van der Waals surface area contributed by atoms with E-state index in [0.29, 0.717) is 21.4 Å². The fourth-order valence-electron chi connectivity index (χ4n) is 2.47. The highest BCUT2D eigenvalue weighted by atomic mass is 35.5. The molecule has 0 bridgehead atoms. The molecule has 0 atom stereocenters. The van der Waals surface area contributed by atoms with Gasteiger partial charge < -0.3 is 0 Å². The fourth-order valence-corrected chi connectivity index (χ4v) is 3.83. The maximum Gasteiger partial charge on any atom is 0.195 e. The molecule has 3 rings (SSSR count). The first-order valence-corrected chi connectivity index (χ1v) is 8.05. The fraction of sp³-hybridized carbons (Fsp3) is 0.200. The third-order valence-corrected chi connectivity index (χ3v) is 5.18. The van der Waals surface area contributed by atoms with Crippen LogP contribution in [0.1, 0.15) is 28.0 Å². The van der Waals surface area contributed by atoms with Gasteiger partial charge in [-0.2, -0.15) is 0 Å². The van der Waals surface area contributed by atoms with Crippen LogP contribution in [0.15, 0.2) is 18.2 Å². The van der Waals surface area contributed by atoms with Crippen molar-refractivity contribution < 1.29 is 4.79 Å². The molecule has 6 heteroatoms. The average Bonchev–Trinajstić information content (AvgIpc) is 2.95. The summed E-state index contributed by atoms with van der Waals surface area (Å²) in [6, 6.07) is 5.28. The summed E-state index contributed by atoms with van der Waals surface area (Å²) >= 11 is 13.6. The van der Waals surface area contributed by atoms with Gasteiger partial charge in [0.1, 0.15) is 11.4 Å². The summed E-state index contributed by atoms with van der Waals surface area (Å²) in [4.78, 5) is 18.2. The lowest BCUT2D eigenvalue weighted by Gasteiger charge is -2.03. The quantitative estimate of drug-likeness (QED) is 0.626. The Bertz CT molecular complexity index is 851. The number of fused-ring (bicyclic) bond motifs is 1. The second-order valence-corrected chi connectivity index (χ2v) is 6.66. The van der Waals surface area contributed by atoms with E-state index >= 15 is 0 Å². The van der Waals surface area contributed by atoms with Crippen molar-refractivity contribution in [2.45, 2.75) is 20.3 Å². The second-order valence-electron chi connectivity index (χ2n) is 4.67. The molecule has 3 aromatic rings. The number of halogens is 2. The van der Waals surface area contributed by atoms with Crippen molar-refractivity contribution in [3.05, 3.63) is 44.5 Å². The summed E-state index contributed by atoms with van der Waals surface area (Å²) in [5.74, 6) is 0. The number of hydrogen-bond acceptors (Lipinski definition) is 3. The zero-order chi connectivity index (χ0) is 15.1. The zero-order valence-corrected chi connectivity index (χ0v) is 13.8. The number of carbonyl (C=O) groups is 1. The van der Waals surface area contributed by atoms with Crippen molar-refractivity contribution in [3.8, 4) is 11.3 Å². The van der Waals surface area contributed by atoms with Gasteiger partial charge in [0.15, 0.2) is 11.2 Å². The molecular weight excluding hydrogens is 327 g/mol. The molecule has 0 radical (unpaired) electrons. The van der Waals surface area contributed by atoms with Crippen LogP contribution in [0.4, 0.5) is 0 Å². The number of rotatable bonds is 3. The number of imidazole rings is 1. The van der Waals surface area contributed by atoms with Crippen molar-refractivity contribution in [1.82, 2.24) is 9.38 Å². The number of hydrogen-bond donors (Lipinski definition) is 0. The monoisotopic (exact) mass is 338 g/mol. The van der Waals surface area contributed by atoms with Gasteiger partial charge in [0.2, 0.25) is 0 Å². The highest BCUT2D eigenvalue weighted by Gasteiger charge is 2.19. The molecule has 0 amide bonds. The maximum atomic E-state index is 11.6. The lowest BCUT2D eigenvalue weighted by Crippen LogP contribution is -1.97. The normalized spacial score (nSPS) is 11.2. The standard InChI is InChI=1S/C15H12Cl2N2OS/c1-3-12-8(2)21-15-18-14(13(7-20)19(12)15)9-4-5-10(16)11(17)6-9/h4-7H,3H2,1-2H3. The average molecular weight is 339 g/mol. The highest BCUT2D eigenvalue weighted by molar-refractivity contribution is 7.17. The zero-order valence-electron chi connectivity index (χ0n) is 11.5. The molecule has 0 unspecified atom stereocenters. The van der Waals surface area contributed by atoms with Crippen molar-refractivity contribution >= 4 is 45.8 Å². The summed E-state index contributed by atoms with van der Waals surface area (Å²) in [5, 5.41) is 0.938. The Kier molecular flexibility index (Phi) is 3.78. The van der Waals surface area contributed by atoms with E-state index < -0.39 is 0 Å². The Morgan fingerprint density at radius 2 is 2.10 bits per heavy atom. The molecule has 0 N–H and O–H groups in total. The molecular formula is C15H12Cl2N2OS. The Balaban J connectivity index is 2.30. The predicted molar refractivity (Wildman–Crippen MR) is 88.0 cm³/mol. The third-order valence-electron chi connectivity index (χ3n) is 3.44. The van der Waals surface area contributed by atoms with Gasteiger partial charge in [-0.05, 0) is 25.5 Å². The van der Waals surface area contributed by atoms with E-state index in [2.05, 4.69) is 11.9 Å². The van der Waals surface area contributed by atoms with Crippen LogP contribution < -0.4 is 0 Å². The molecule has 0 fully saturated rings. The molecule has 0 saturated carbocycles. The first kappa shape index (κ1) is 14.6. The van der Waals surface area contributed by atoms with Crippen LogP contribution in [-0.4, -0.2) is 15.7 Å². The van der Waals surface area contributed by atoms with E-state index in [4.69, 9.17) is 23.2 Å². The largest absolute Gasteiger partial charge is 0.296 e. The first-order valence-electron chi connectivity index (χ1n) is 6.48. The van der Waals surface area contributed by atoms with Gasteiger partial charge in [0.05, 0.1) is 10.0 Å². The SMILES string of the molecule is CCc1c(C)sc2nc(-c3ccc(Cl)c(Cl)c3)c(C=O)n12. The van der Waals surface area contributed by atoms with Crippen LogP contribution in [0.2, 0.25) is 10.0 Å². The summed E-state index contributed by atoms with van der Waals surface area (Å²) in [6.07, 6.45) is 1.70. The Morgan fingerprint density at radius 3 is 2.71 bits per heavy atom. The molecule has 1 aromatic carbocycles.